The maximum atomic E-state index is 14.2. The number of amides is 1. The van der Waals surface area contributed by atoms with Gasteiger partial charge >= 0.3 is 6.09 Å². The van der Waals surface area contributed by atoms with Gasteiger partial charge in [0.15, 0.2) is 5.78 Å². The van der Waals surface area contributed by atoms with Gasteiger partial charge in [-0.2, -0.15) is 0 Å². The Morgan fingerprint density at radius 2 is 1.43 bits per heavy atom. The molecule has 216 valence electrons. The minimum atomic E-state index is -0.386. The number of carbonyl (C=O) groups is 2. The van der Waals surface area contributed by atoms with E-state index in [1.165, 1.54) is 0 Å². The third-order valence-corrected chi connectivity index (χ3v) is 7.84. The first-order chi connectivity index (χ1) is 20.6. The smallest absolute Gasteiger partial charge is 0.410 e. The third-order valence-electron chi connectivity index (χ3n) is 7.84. The number of benzene rings is 4. The predicted molar refractivity (Wildman–Crippen MR) is 164 cm³/mol. The van der Waals surface area contributed by atoms with Gasteiger partial charge in [-0.1, -0.05) is 109 Å². The normalized spacial score (nSPS) is 14.7. The number of Topliss-reactive ketones (excluding diaryl/α,β-unsaturated/α-hetero) is 1. The van der Waals surface area contributed by atoms with E-state index in [0.717, 1.165) is 40.8 Å². The molecule has 0 unspecified atom stereocenters. The van der Waals surface area contributed by atoms with E-state index in [2.05, 4.69) is 4.90 Å². The van der Waals surface area contributed by atoms with Crippen molar-refractivity contribution in [2.75, 3.05) is 26.7 Å². The Morgan fingerprint density at radius 1 is 0.833 bits per heavy atom. The minimum Gasteiger partial charge on any atom is -0.496 e. The number of para-hydroxylation sites is 1. The van der Waals surface area contributed by atoms with E-state index in [0.29, 0.717) is 19.6 Å². The first-order valence-corrected chi connectivity index (χ1v) is 14.6. The zero-order chi connectivity index (χ0) is 29.1. The number of likely N-dealkylation sites (tertiary alicyclic amines) is 1. The fourth-order valence-electron chi connectivity index (χ4n) is 5.79. The number of methoxy groups -OCH3 is 1. The van der Waals surface area contributed by atoms with Gasteiger partial charge in [0.05, 0.1) is 19.6 Å². The molecule has 0 radical (unpaired) electrons. The van der Waals surface area contributed by atoms with Crippen LogP contribution in [0.1, 0.15) is 41.0 Å². The Bertz CT molecular complexity index is 1390. The Balaban J connectivity index is 1.37. The number of hydrogen-bond acceptors (Lipinski definition) is 5. The Labute approximate surface area is 248 Å². The van der Waals surface area contributed by atoms with Crippen molar-refractivity contribution in [3.8, 4) is 5.75 Å². The molecule has 4 aromatic rings. The SMILES string of the molecule is COc1ccccc1CN(CC(=O)C(c1ccccc1)c1ccccc1)C[C@@H]1CCCN1C(=O)OCc1ccccc1. The van der Waals surface area contributed by atoms with Crippen LogP contribution >= 0.6 is 0 Å². The Morgan fingerprint density at radius 3 is 2.07 bits per heavy atom. The number of nitrogens with zero attached hydrogens (tertiary/aromatic N) is 2. The molecule has 42 heavy (non-hydrogen) atoms. The molecular weight excluding hydrogens is 524 g/mol. The second-order valence-corrected chi connectivity index (χ2v) is 10.7. The third kappa shape index (κ3) is 7.45. The second kappa shape index (κ2) is 14.5. The van der Waals surface area contributed by atoms with Crippen LogP contribution < -0.4 is 4.74 Å². The van der Waals surface area contributed by atoms with Crippen LogP contribution in [-0.2, 0) is 22.7 Å². The van der Waals surface area contributed by atoms with E-state index in [1.807, 2.05) is 120 Å². The highest BCUT2D eigenvalue weighted by Gasteiger charge is 2.33. The van der Waals surface area contributed by atoms with Gasteiger partial charge in [-0.25, -0.2) is 4.79 Å². The van der Waals surface area contributed by atoms with Gasteiger partial charge in [0.2, 0.25) is 0 Å². The quantitative estimate of drug-likeness (QED) is 0.192. The molecule has 0 bridgehead atoms. The van der Waals surface area contributed by atoms with Crippen LogP contribution in [0.2, 0.25) is 0 Å². The van der Waals surface area contributed by atoms with Crippen molar-refractivity contribution in [3.05, 3.63) is 138 Å². The number of ketones is 1. The zero-order valence-corrected chi connectivity index (χ0v) is 24.1. The molecule has 1 atom stereocenters. The molecule has 0 N–H and O–H groups in total. The molecule has 1 fully saturated rings. The number of hydrogen-bond donors (Lipinski definition) is 0. The van der Waals surface area contributed by atoms with Gasteiger partial charge in [-0.15, -0.1) is 0 Å². The van der Waals surface area contributed by atoms with Gasteiger partial charge in [0.1, 0.15) is 12.4 Å². The van der Waals surface area contributed by atoms with E-state index in [1.54, 1.807) is 7.11 Å². The summed E-state index contributed by atoms with van der Waals surface area (Å²) in [5.41, 5.74) is 3.90. The zero-order valence-electron chi connectivity index (χ0n) is 24.1. The Kier molecular flexibility index (Phi) is 10.0. The van der Waals surface area contributed by atoms with Crippen LogP contribution in [0.5, 0.6) is 5.75 Å². The molecule has 1 amide bonds. The van der Waals surface area contributed by atoms with Crippen molar-refractivity contribution in [3.63, 3.8) is 0 Å². The van der Waals surface area contributed by atoms with Crippen molar-refractivity contribution in [1.29, 1.82) is 0 Å². The summed E-state index contributed by atoms with van der Waals surface area (Å²) in [4.78, 5) is 31.3. The summed E-state index contributed by atoms with van der Waals surface area (Å²) in [7, 11) is 1.66. The molecule has 6 nitrogen and oxygen atoms in total. The summed E-state index contributed by atoms with van der Waals surface area (Å²) >= 11 is 0. The number of carbonyl (C=O) groups excluding carboxylic acids is 2. The molecular formula is C36H38N2O4. The largest absolute Gasteiger partial charge is 0.496 e. The molecule has 1 aliphatic heterocycles. The number of rotatable bonds is 12. The molecule has 0 spiro atoms. The fraction of sp³-hybridized carbons (Fsp3) is 0.278. The highest BCUT2D eigenvalue weighted by molar-refractivity contribution is 5.90. The Hall–Kier alpha value is -4.42. The van der Waals surface area contributed by atoms with Gasteiger partial charge in [-0.05, 0) is 35.6 Å². The molecule has 6 heteroatoms. The topological polar surface area (TPSA) is 59.1 Å². The maximum absolute atomic E-state index is 14.2. The lowest BCUT2D eigenvalue weighted by atomic mass is 9.87. The van der Waals surface area contributed by atoms with E-state index < -0.39 is 0 Å². The summed E-state index contributed by atoms with van der Waals surface area (Å²) in [5, 5.41) is 0. The monoisotopic (exact) mass is 562 g/mol. The first kappa shape index (κ1) is 29.1. The van der Waals surface area contributed by atoms with Crippen LogP contribution in [0, 0.1) is 0 Å². The van der Waals surface area contributed by atoms with Crippen molar-refractivity contribution in [2.45, 2.75) is 38.0 Å². The lowest BCUT2D eigenvalue weighted by molar-refractivity contribution is -0.121. The van der Waals surface area contributed by atoms with Crippen LogP contribution in [0.4, 0.5) is 4.79 Å². The molecule has 1 heterocycles. The van der Waals surface area contributed by atoms with Crippen LogP contribution in [0.15, 0.2) is 115 Å². The lowest BCUT2D eigenvalue weighted by Gasteiger charge is -2.31. The lowest BCUT2D eigenvalue weighted by Crippen LogP contribution is -2.45. The summed E-state index contributed by atoms with van der Waals surface area (Å²) in [6, 6.07) is 37.5. The maximum Gasteiger partial charge on any atom is 0.410 e. The van der Waals surface area contributed by atoms with Crippen molar-refractivity contribution in [2.24, 2.45) is 0 Å². The average molecular weight is 563 g/mol. The van der Waals surface area contributed by atoms with Gasteiger partial charge in [-0.3, -0.25) is 9.69 Å². The summed E-state index contributed by atoms with van der Waals surface area (Å²) < 4.78 is 11.3. The molecule has 5 rings (SSSR count). The second-order valence-electron chi connectivity index (χ2n) is 10.7. The first-order valence-electron chi connectivity index (χ1n) is 14.6. The van der Waals surface area contributed by atoms with Crippen LogP contribution in [-0.4, -0.2) is 54.5 Å². The molecule has 0 saturated carbocycles. The summed E-state index contributed by atoms with van der Waals surface area (Å²) in [6.07, 6.45) is 1.45. The highest BCUT2D eigenvalue weighted by atomic mass is 16.6. The minimum absolute atomic E-state index is 0.0531. The standard InChI is InChI=1S/C36H38N2O4/c1-41-34-22-12-11-20-31(34)24-37(25-32-21-13-23-38(32)36(40)42-27-28-14-5-2-6-15-28)26-33(39)35(29-16-7-3-8-17-29)30-18-9-4-10-19-30/h2-12,14-20,22,32,35H,13,21,23-27H2,1H3/t32-/m0/s1. The number of ether oxygens (including phenoxy) is 2. The molecule has 1 saturated heterocycles. The van der Waals surface area contributed by atoms with E-state index >= 15 is 0 Å². The predicted octanol–water partition coefficient (Wildman–Crippen LogP) is 6.70. The van der Waals surface area contributed by atoms with Gasteiger partial charge in [0, 0.05) is 31.2 Å². The fourth-order valence-corrected chi connectivity index (χ4v) is 5.79. The van der Waals surface area contributed by atoms with Crippen molar-refractivity contribution in [1.82, 2.24) is 9.80 Å². The molecule has 1 aliphatic rings. The van der Waals surface area contributed by atoms with Crippen molar-refractivity contribution >= 4 is 11.9 Å². The van der Waals surface area contributed by atoms with E-state index in [9.17, 15) is 9.59 Å². The van der Waals surface area contributed by atoms with E-state index in [-0.39, 0.29) is 37.0 Å². The molecule has 0 aromatic heterocycles. The van der Waals surface area contributed by atoms with E-state index in [4.69, 9.17) is 9.47 Å². The van der Waals surface area contributed by atoms with Crippen LogP contribution in [0.3, 0.4) is 0 Å². The van der Waals surface area contributed by atoms with Crippen LogP contribution in [0.25, 0.3) is 0 Å². The molecule has 0 aliphatic carbocycles. The summed E-state index contributed by atoms with van der Waals surface area (Å²) in [5.74, 6) is 0.504. The highest BCUT2D eigenvalue weighted by Crippen LogP contribution is 2.28. The van der Waals surface area contributed by atoms with Gasteiger partial charge in [0.25, 0.3) is 0 Å². The van der Waals surface area contributed by atoms with Crippen molar-refractivity contribution < 1.29 is 19.1 Å². The average Bonchev–Trinajstić information content (AvgIpc) is 3.50. The summed E-state index contributed by atoms with van der Waals surface area (Å²) in [6.45, 7) is 2.19. The van der Waals surface area contributed by atoms with Gasteiger partial charge < -0.3 is 14.4 Å². The molecule has 4 aromatic carbocycles.